The number of halogens is 1. The number of alkyl halides is 1. The molecule has 16 heteroatoms. The van der Waals surface area contributed by atoms with Crippen LogP contribution < -0.4 is 20.2 Å². The minimum atomic E-state index is -4.24. The van der Waals surface area contributed by atoms with Crippen LogP contribution in [0.1, 0.15) is 33.9 Å². The summed E-state index contributed by atoms with van der Waals surface area (Å²) < 4.78 is 53.6. The van der Waals surface area contributed by atoms with Crippen molar-refractivity contribution in [2.75, 3.05) is 31.3 Å². The highest BCUT2D eigenvalue weighted by Gasteiger charge is 2.55. The van der Waals surface area contributed by atoms with Crippen LogP contribution >= 0.6 is 7.75 Å². The lowest BCUT2D eigenvalue weighted by atomic mass is 9.99. The number of nitrogens with two attached hydrogens (primary N) is 1. The van der Waals surface area contributed by atoms with Gasteiger partial charge < -0.3 is 34.8 Å². The fourth-order valence-electron chi connectivity index (χ4n) is 4.28. The number of fused-ring (bicyclic) bond motifs is 1. The van der Waals surface area contributed by atoms with E-state index < -0.39 is 50.8 Å². The second-order valence-corrected chi connectivity index (χ2v) is 12.2. The van der Waals surface area contributed by atoms with E-state index in [0.717, 1.165) is 0 Å². The van der Waals surface area contributed by atoms with Crippen LogP contribution in [0.15, 0.2) is 36.7 Å². The fourth-order valence-corrected chi connectivity index (χ4v) is 5.91. The molecule has 3 heterocycles. The average molecular weight is 598 g/mol. The number of para-hydroxylation sites is 1. The van der Waals surface area contributed by atoms with Crippen LogP contribution in [0.25, 0.3) is 11.2 Å². The Morgan fingerprint density at radius 3 is 2.59 bits per heavy atom. The number of aliphatic hydroxyl groups is 2. The van der Waals surface area contributed by atoms with Crippen LogP contribution in [0.3, 0.4) is 0 Å². The normalized spacial score (nSPS) is 25.8. The van der Waals surface area contributed by atoms with Gasteiger partial charge in [0.05, 0.1) is 25.1 Å². The van der Waals surface area contributed by atoms with Crippen molar-refractivity contribution in [1.29, 1.82) is 0 Å². The number of hydrogen-bond acceptors (Lipinski definition) is 12. The molecule has 7 atom stereocenters. The van der Waals surface area contributed by atoms with Gasteiger partial charge in [-0.1, -0.05) is 18.2 Å². The third-order valence-electron chi connectivity index (χ3n) is 6.40. The summed E-state index contributed by atoms with van der Waals surface area (Å²) in [6.07, 6.45) is -5.33. The van der Waals surface area contributed by atoms with E-state index in [0.29, 0.717) is 11.3 Å². The lowest BCUT2D eigenvalue weighted by Gasteiger charge is -2.31. The topological polar surface area (TPSA) is 179 Å². The molecule has 226 valence electrons. The van der Waals surface area contributed by atoms with E-state index in [1.165, 1.54) is 24.7 Å². The second kappa shape index (κ2) is 12.1. The summed E-state index contributed by atoms with van der Waals surface area (Å²) >= 11 is 0. The molecule has 0 bridgehead atoms. The molecular formula is C25H37FN7O7P. The molecule has 5 N–H and O–H groups in total. The van der Waals surface area contributed by atoms with Crippen LogP contribution in [-0.4, -0.2) is 86.7 Å². The van der Waals surface area contributed by atoms with E-state index >= 15 is 4.39 Å². The monoisotopic (exact) mass is 597 g/mol. The van der Waals surface area contributed by atoms with E-state index in [1.54, 1.807) is 63.2 Å². The Labute approximate surface area is 237 Å². The summed E-state index contributed by atoms with van der Waals surface area (Å²) in [4.78, 5) is 14.4. The summed E-state index contributed by atoms with van der Waals surface area (Å²) in [7, 11) is -0.742. The molecule has 0 spiro atoms. The van der Waals surface area contributed by atoms with Gasteiger partial charge in [-0.05, 0) is 39.8 Å². The van der Waals surface area contributed by atoms with Crippen molar-refractivity contribution in [2.45, 2.75) is 70.2 Å². The third-order valence-corrected chi connectivity index (χ3v) is 8.04. The zero-order chi connectivity index (χ0) is 30.1. The van der Waals surface area contributed by atoms with Crippen molar-refractivity contribution in [3.05, 3.63) is 36.7 Å². The Balaban J connectivity index is 1.58. The minimum Gasteiger partial charge on any atom is -0.413 e. The summed E-state index contributed by atoms with van der Waals surface area (Å²) in [6.45, 7) is 5.88. The molecule has 1 saturated heterocycles. The van der Waals surface area contributed by atoms with E-state index in [-0.39, 0.29) is 23.4 Å². The smallest absolute Gasteiger partial charge is 0.413 e. The summed E-state index contributed by atoms with van der Waals surface area (Å²) in [5.41, 5.74) is 4.76. The maximum Gasteiger partial charge on any atom is 0.459 e. The van der Waals surface area contributed by atoms with E-state index in [1.807, 2.05) is 0 Å². The lowest BCUT2D eigenvalue weighted by Crippen LogP contribution is -2.45. The standard InChI is InChI=1S/C25H37FN7O7P/c1-14(2)38-23(35)15(3)31-41(36,40-16-10-8-7-9-11-16)37-12-25(4)19(34)17(26)22(39-25)33-13-28-18-20(32(5)6)29-24(27)30-21(18)33/h7-11,13-15,17,19,22-23,34-35H,12H2,1-6H3,(H,31,36)(H2,27,29,30)/t15-,17-,19-,22+,23?,25+,41?/m0/s1. The largest absolute Gasteiger partial charge is 0.459 e. The van der Waals surface area contributed by atoms with Gasteiger partial charge in [0, 0.05) is 14.1 Å². The van der Waals surface area contributed by atoms with Gasteiger partial charge in [-0.25, -0.2) is 19.0 Å². The van der Waals surface area contributed by atoms with Gasteiger partial charge in [0.1, 0.15) is 17.5 Å². The van der Waals surface area contributed by atoms with Crippen LogP contribution in [0.4, 0.5) is 16.2 Å². The first-order valence-electron chi connectivity index (χ1n) is 13.0. The predicted octanol–water partition coefficient (Wildman–Crippen LogP) is 2.39. The molecule has 1 aliphatic heterocycles. The molecule has 1 fully saturated rings. The van der Waals surface area contributed by atoms with Crippen LogP contribution in [0.5, 0.6) is 5.75 Å². The maximum absolute atomic E-state index is 15.6. The zero-order valence-electron chi connectivity index (χ0n) is 23.7. The molecule has 0 radical (unpaired) electrons. The number of rotatable bonds is 12. The lowest BCUT2D eigenvalue weighted by molar-refractivity contribution is -0.138. The Morgan fingerprint density at radius 1 is 1.27 bits per heavy atom. The average Bonchev–Trinajstić information content (AvgIpc) is 3.41. The molecule has 0 aliphatic carbocycles. The highest BCUT2D eigenvalue weighted by Crippen LogP contribution is 2.48. The highest BCUT2D eigenvalue weighted by atomic mass is 31.2. The van der Waals surface area contributed by atoms with Crippen molar-refractivity contribution in [3.63, 3.8) is 0 Å². The Kier molecular flexibility index (Phi) is 9.19. The molecule has 2 unspecified atom stereocenters. The number of benzene rings is 1. The summed E-state index contributed by atoms with van der Waals surface area (Å²) in [6, 6.07) is 7.34. The molecule has 14 nitrogen and oxygen atoms in total. The van der Waals surface area contributed by atoms with Crippen molar-refractivity contribution in [1.82, 2.24) is 24.6 Å². The summed E-state index contributed by atoms with van der Waals surface area (Å²) in [5, 5.41) is 23.9. The van der Waals surface area contributed by atoms with Crippen LogP contribution in [0.2, 0.25) is 0 Å². The third kappa shape index (κ3) is 6.78. The molecule has 0 amide bonds. The molecule has 1 aliphatic rings. The molecule has 2 aromatic heterocycles. The Morgan fingerprint density at radius 2 is 1.95 bits per heavy atom. The van der Waals surface area contributed by atoms with Crippen LogP contribution in [-0.2, 0) is 18.6 Å². The van der Waals surface area contributed by atoms with E-state index in [9.17, 15) is 14.8 Å². The molecule has 4 rings (SSSR count). The number of ether oxygens (including phenoxy) is 2. The van der Waals surface area contributed by atoms with Crippen molar-refractivity contribution in [2.24, 2.45) is 0 Å². The molecular weight excluding hydrogens is 560 g/mol. The predicted molar refractivity (Wildman–Crippen MR) is 149 cm³/mol. The van der Waals surface area contributed by atoms with Crippen molar-refractivity contribution < 1.29 is 37.7 Å². The number of aliphatic hydroxyl groups excluding tert-OH is 2. The fraction of sp³-hybridized carbons (Fsp3) is 0.560. The van der Waals surface area contributed by atoms with Gasteiger partial charge in [0.25, 0.3) is 0 Å². The van der Waals surface area contributed by atoms with Gasteiger partial charge in [0.2, 0.25) is 5.95 Å². The van der Waals surface area contributed by atoms with Crippen LogP contribution in [0, 0.1) is 0 Å². The SMILES string of the molecule is CC(C)OC(O)[C@H](C)NP(=O)(OC[C@@]1(C)O[C@@H](n2cnc3c(N(C)C)nc(N)nc32)[C@@H](F)[C@@H]1O)Oc1ccccc1. The number of anilines is 2. The number of imidazole rings is 1. The van der Waals surface area contributed by atoms with Gasteiger partial charge in [0.15, 0.2) is 35.7 Å². The van der Waals surface area contributed by atoms with Crippen molar-refractivity contribution in [3.8, 4) is 5.75 Å². The highest BCUT2D eigenvalue weighted by molar-refractivity contribution is 7.52. The van der Waals surface area contributed by atoms with Crippen molar-refractivity contribution >= 4 is 30.7 Å². The number of nitrogens with one attached hydrogen (secondary N) is 1. The van der Waals surface area contributed by atoms with Gasteiger partial charge in [-0.2, -0.15) is 9.97 Å². The Bertz CT molecular complexity index is 1380. The first-order chi connectivity index (χ1) is 19.2. The first kappa shape index (κ1) is 31.0. The molecule has 41 heavy (non-hydrogen) atoms. The summed E-state index contributed by atoms with van der Waals surface area (Å²) in [5.74, 6) is 0.591. The molecule has 0 saturated carbocycles. The zero-order valence-corrected chi connectivity index (χ0v) is 24.6. The maximum atomic E-state index is 15.6. The minimum absolute atomic E-state index is 0.0502. The van der Waals surface area contributed by atoms with E-state index in [4.69, 9.17) is 24.3 Å². The van der Waals surface area contributed by atoms with Gasteiger partial charge in [-0.3, -0.25) is 9.09 Å². The van der Waals surface area contributed by atoms with Gasteiger partial charge in [-0.15, -0.1) is 0 Å². The first-order valence-corrected chi connectivity index (χ1v) is 14.5. The number of nitrogens with zero attached hydrogens (tertiary/aromatic N) is 5. The number of hydrogen-bond donors (Lipinski definition) is 4. The molecule has 3 aromatic rings. The molecule has 1 aromatic carbocycles. The number of aromatic nitrogens is 4. The van der Waals surface area contributed by atoms with Gasteiger partial charge >= 0.3 is 7.75 Å². The van der Waals surface area contributed by atoms with E-state index in [2.05, 4.69) is 20.0 Å². The second-order valence-electron chi connectivity index (χ2n) is 10.5. The quantitative estimate of drug-likeness (QED) is 0.177. The Hall–Kier alpha value is -2.91. The number of nitrogen functional groups attached to an aromatic ring is 1.